The zero-order valence-corrected chi connectivity index (χ0v) is 24.5. The van der Waals surface area contributed by atoms with Crippen molar-refractivity contribution in [2.24, 2.45) is 0 Å². The fourth-order valence-electron chi connectivity index (χ4n) is 6.04. The first-order valence-electron chi connectivity index (χ1n) is 14.3. The molecular formula is C31H27F6N5O4. The van der Waals surface area contributed by atoms with Crippen molar-refractivity contribution in [3.8, 4) is 11.1 Å². The fourth-order valence-corrected chi connectivity index (χ4v) is 6.04. The second-order valence-corrected chi connectivity index (χ2v) is 12.0. The third-order valence-electron chi connectivity index (χ3n) is 8.68. The van der Waals surface area contributed by atoms with Crippen LogP contribution in [0.3, 0.4) is 0 Å². The first-order valence-corrected chi connectivity index (χ1v) is 14.3. The quantitative estimate of drug-likeness (QED) is 0.286. The fraction of sp³-hybridized carbons (Fsp3) is 0.387. The lowest BCUT2D eigenvalue weighted by atomic mass is 9.90. The van der Waals surface area contributed by atoms with E-state index in [4.69, 9.17) is 4.74 Å². The lowest BCUT2D eigenvalue weighted by Crippen LogP contribution is -2.72. The number of nitrogens with one attached hydrogen (secondary N) is 1. The molecule has 0 unspecified atom stereocenters. The molecule has 3 aliphatic rings. The summed E-state index contributed by atoms with van der Waals surface area (Å²) in [5.74, 6) is -6.71. The highest BCUT2D eigenvalue weighted by Crippen LogP contribution is 2.53. The minimum Gasteiger partial charge on any atom is -0.376 e. The van der Waals surface area contributed by atoms with Gasteiger partial charge in [-0.05, 0) is 41.3 Å². The van der Waals surface area contributed by atoms with Gasteiger partial charge >= 0.3 is 12.2 Å². The molecule has 2 aromatic heterocycles. The number of aromatic nitrogens is 2. The molecule has 4 heterocycles. The predicted octanol–water partition coefficient (Wildman–Crippen LogP) is 5.01. The van der Waals surface area contributed by atoms with E-state index in [2.05, 4.69) is 15.3 Å². The molecule has 1 spiro atoms. The summed E-state index contributed by atoms with van der Waals surface area (Å²) in [5, 5.41) is 2.29. The molecule has 9 nitrogen and oxygen atoms in total. The number of carbonyl (C=O) groups excluding carboxylic acids is 3. The van der Waals surface area contributed by atoms with Crippen LogP contribution < -0.4 is 5.32 Å². The summed E-state index contributed by atoms with van der Waals surface area (Å²) in [5.41, 5.74) is -4.12. The van der Waals surface area contributed by atoms with Crippen LogP contribution in [0, 0.1) is 5.82 Å². The number of fused-ring (bicyclic) bond motifs is 2. The maximum absolute atomic E-state index is 15.5. The zero-order chi connectivity index (χ0) is 33.2. The van der Waals surface area contributed by atoms with E-state index in [-0.39, 0.29) is 17.2 Å². The summed E-state index contributed by atoms with van der Waals surface area (Å²) >= 11 is 0. The highest BCUT2D eigenvalue weighted by atomic mass is 19.4. The number of alkyl halides is 5. The molecule has 242 valence electrons. The van der Waals surface area contributed by atoms with E-state index in [1.165, 1.54) is 18.2 Å². The first kappa shape index (κ1) is 31.5. The van der Waals surface area contributed by atoms with E-state index < -0.39 is 85.1 Å². The van der Waals surface area contributed by atoms with Crippen molar-refractivity contribution in [1.82, 2.24) is 25.1 Å². The molecule has 2 saturated heterocycles. The van der Waals surface area contributed by atoms with Gasteiger partial charge in [-0.2, -0.15) is 13.2 Å². The van der Waals surface area contributed by atoms with Crippen molar-refractivity contribution in [3.05, 3.63) is 83.2 Å². The highest BCUT2D eigenvalue weighted by Gasteiger charge is 2.67. The van der Waals surface area contributed by atoms with Gasteiger partial charge in [-0.25, -0.2) is 18.0 Å². The second kappa shape index (κ2) is 10.8. The lowest BCUT2D eigenvalue weighted by Gasteiger charge is -2.50. The van der Waals surface area contributed by atoms with E-state index in [1.807, 2.05) is 13.8 Å². The van der Waals surface area contributed by atoms with Crippen LogP contribution in [0.1, 0.15) is 48.7 Å². The van der Waals surface area contributed by atoms with Gasteiger partial charge in [-0.15, -0.1) is 0 Å². The SMILES string of the molecule is CC(C)c1ccc(-c2ccc3c(c2)C(F)(F)C[C@]32NC(=O)N(CC(=O)N(Cc3ccc(F)cn3)C3(C(F)(F)F)COC3)C2=O)cn1. The van der Waals surface area contributed by atoms with Gasteiger partial charge in [-0.1, -0.05) is 32.0 Å². The number of hydrogen-bond donors (Lipinski definition) is 1. The van der Waals surface area contributed by atoms with E-state index in [0.29, 0.717) is 20.9 Å². The van der Waals surface area contributed by atoms with Crippen LogP contribution in [0.4, 0.5) is 31.1 Å². The van der Waals surface area contributed by atoms with E-state index in [0.717, 1.165) is 24.0 Å². The molecular weight excluding hydrogens is 620 g/mol. The van der Waals surface area contributed by atoms with Crippen LogP contribution in [0.2, 0.25) is 0 Å². The van der Waals surface area contributed by atoms with E-state index in [9.17, 15) is 31.9 Å². The van der Waals surface area contributed by atoms with Gasteiger partial charge in [0.2, 0.25) is 5.91 Å². The Balaban J connectivity index is 1.30. The van der Waals surface area contributed by atoms with Gasteiger partial charge in [0.05, 0.1) is 38.1 Å². The Bertz CT molecular complexity index is 1710. The second-order valence-electron chi connectivity index (χ2n) is 12.0. The van der Waals surface area contributed by atoms with Crippen LogP contribution in [-0.4, -0.2) is 69.1 Å². The number of hydrogen-bond acceptors (Lipinski definition) is 6. The first-order chi connectivity index (χ1) is 21.6. The Kier molecular flexibility index (Phi) is 7.37. The molecule has 3 aromatic rings. The number of rotatable bonds is 7. The number of imide groups is 1. The van der Waals surface area contributed by atoms with Crippen molar-refractivity contribution in [3.63, 3.8) is 0 Å². The van der Waals surface area contributed by atoms with Crippen LogP contribution in [0.25, 0.3) is 11.1 Å². The van der Waals surface area contributed by atoms with Crippen LogP contribution in [-0.2, 0) is 32.3 Å². The van der Waals surface area contributed by atoms with Gasteiger partial charge in [0, 0.05) is 23.0 Å². The number of halogens is 6. The summed E-state index contributed by atoms with van der Waals surface area (Å²) in [7, 11) is 0. The third kappa shape index (κ3) is 4.96. The highest BCUT2D eigenvalue weighted by molar-refractivity contribution is 6.10. The van der Waals surface area contributed by atoms with Crippen molar-refractivity contribution in [2.75, 3.05) is 19.8 Å². The number of nitrogens with zero attached hydrogens (tertiary/aromatic N) is 4. The Morgan fingerprint density at radius 1 is 1.02 bits per heavy atom. The van der Waals surface area contributed by atoms with Gasteiger partial charge in [0.15, 0.2) is 11.1 Å². The number of urea groups is 1. The number of pyridine rings is 2. The molecule has 0 radical (unpaired) electrons. The molecule has 1 aliphatic carbocycles. The third-order valence-corrected chi connectivity index (χ3v) is 8.68. The van der Waals surface area contributed by atoms with Crippen molar-refractivity contribution in [2.45, 2.75) is 55.9 Å². The molecule has 1 aromatic carbocycles. The molecule has 0 saturated carbocycles. The van der Waals surface area contributed by atoms with Crippen molar-refractivity contribution >= 4 is 17.8 Å². The van der Waals surface area contributed by atoms with Crippen LogP contribution >= 0.6 is 0 Å². The largest absolute Gasteiger partial charge is 0.416 e. The monoisotopic (exact) mass is 647 g/mol. The Hall–Kier alpha value is -4.53. The topological polar surface area (TPSA) is 105 Å². The molecule has 2 aliphatic heterocycles. The van der Waals surface area contributed by atoms with Crippen LogP contribution in [0.15, 0.2) is 54.9 Å². The minimum absolute atomic E-state index is 0.104. The predicted molar refractivity (Wildman–Crippen MR) is 149 cm³/mol. The smallest absolute Gasteiger partial charge is 0.376 e. The Morgan fingerprint density at radius 3 is 2.30 bits per heavy atom. The molecule has 6 rings (SSSR count). The summed E-state index contributed by atoms with van der Waals surface area (Å²) < 4.78 is 92.2. The molecule has 4 amide bonds. The number of benzene rings is 1. The van der Waals surface area contributed by atoms with Crippen molar-refractivity contribution in [1.29, 1.82) is 0 Å². The van der Waals surface area contributed by atoms with Crippen LogP contribution in [0.5, 0.6) is 0 Å². The molecule has 1 atom stereocenters. The zero-order valence-electron chi connectivity index (χ0n) is 24.5. The summed E-state index contributed by atoms with van der Waals surface area (Å²) in [6.07, 6.45) is -3.84. The molecule has 46 heavy (non-hydrogen) atoms. The van der Waals surface area contributed by atoms with Gasteiger partial charge < -0.3 is 15.0 Å². The minimum atomic E-state index is -4.99. The maximum atomic E-state index is 15.5. The average molecular weight is 648 g/mol. The Morgan fingerprint density at radius 2 is 1.74 bits per heavy atom. The molecule has 15 heteroatoms. The van der Waals surface area contributed by atoms with Gasteiger partial charge in [-0.3, -0.25) is 24.5 Å². The molecule has 1 N–H and O–H groups in total. The lowest BCUT2D eigenvalue weighted by molar-refractivity contribution is -0.302. The number of ether oxygens (including phenoxy) is 1. The van der Waals surface area contributed by atoms with Gasteiger partial charge in [0.1, 0.15) is 12.4 Å². The number of amides is 4. The van der Waals surface area contributed by atoms with E-state index in [1.54, 1.807) is 18.3 Å². The summed E-state index contributed by atoms with van der Waals surface area (Å²) in [6.45, 7) is 0.122. The standard InChI is InChI=1S/C31H27F6N5O4/c1-17(2)24-8-4-19(10-39-24)18-3-7-22-23(9-18)30(33,34)14-29(22)26(44)41(27(45)40-29)13-25(43)42(12-21-6-5-20(32)11-38-21)28(15-46-16-28)31(35,36)37/h3-11,17H,12-16H2,1-2H3,(H,40,45)/t29-/m0/s1. The maximum Gasteiger partial charge on any atom is 0.416 e. The van der Waals surface area contributed by atoms with Crippen molar-refractivity contribution < 1.29 is 45.5 Å². The average Bonchev–Trinajstić information content (AvgIpc) is 3.34. The summed E-state index contributed by atoms with van der Waals surface area (Å²) in [4.78, 5) is 49.2. The summed E-state index contributed by atoms with van der Waals surface area (Å²) in [6, 6.07) is 8.33. The number of carbonyl (C=O) groups is 3. The Labute approximate surface area is 258 Å². The van der Waals surface area contributed by atoms with E-state index >= 15 is 8.78 Å². The molecule has 2 fully saturated rings. The normalized spacial score (nSPS) is 21.4. The molecule has 0 bridgehead atoms. The van der Waals surface area contributed by atoms with Gasteiger partial charge in [0.25, 0.3) is 11.8 Å².